The van der Waals surface area contributed by atoms with Crippen LogP contribution in [-0.4, -0.2) is 45.1 Å². The van der Waals surface area contributed by atoms with E-state index in [0.29, 0.717) is 11.3 Å². The van der Waals surface area contributed by atoms with E-state index >= 15 is 0 Å². The van der Waals surface area contributed by atoms with Gasteiger partial charge >= 0.3 is 5.97 Å². The van der Waals surface area contributed by atoms with Crippen LogP contribution in [0.3, 0.4) is 0 Å². The zero-order valence-corrected chi connectivity index (χ0v) is 16.6. The number of aryl methyl sites for hydroxylation is 1. The molecule has 0 aliphatic rings. The van der Waals surface area contributed by atoms with Crippen molar-refractivity contribution in [3.8, 4) is 5.75 Å². The molecule has 2 N–H and O–H groups in total. The summed E-state index contributed by atoms with van der Waals surface area (Å²) in [5, 5.41) is 13.4. The van der Waals surface area contributed by atoms with Gasteiger partial charge in [-0.25, -0.2) is 15.2 Å². The lowest BCUT2D eigenvalue weighted by Gasteiger charge is -2.06. The molecule has 9 heteroatoms. The van der Waals surface area contributed by atoms with E-state index in [1.165, 1.54) is 18.0 Å². The van der Waals surface area contributed by atoms with E-state index in [9.17, 15) is 9.59 Å². The number of benzene rings is 2. The van der Waals surface area contributed by atoms with Gasteiger partial charge in [0.1, 0.15) is 5.75 Å². The summed E-state index contributed by atoms with van der Waals surface area (Å²) in [6.07, 6.45) is 1.42. The Balaban J connectivity index is 1.58. The van der Waals surface area contributed by atoms with Gasteiger partial charge in [-0.1, -0.05) is 36.0 Å². The molecule has 0 bridgehead atoms. The number of carbonyl (C=O) groups is 2. The lowest BCUT2D eigenvalue weighted by molar-refractivity contribution is -0.139. The van der Waals surface area contributed by atoms with E-state index in [-0.39, 0.29) is 11.7 Å². The summed E-state index contributed by atoms with van der Waals surface area (Å²) in [5.41, 5.74) is 4.96. The predicted octanol–water partition coefficient (Wildman–Crippen LogP) is 2.76. The maximum Gasteiger partial charge on any atom is 0.341 e. The number of thioether (sulfide) groups is 1. The number of rotatable bonds is 9. The molecule has 3 rings (SSSR count). The zero-order valence-electron chi connectivity index (χ0n) is 15.7. The second-order valence-corrected chi connectivity index (χ2v) is 6.87. The van der Waals surface area contributed by atoms with E-state index in [0.717, 1.165) is 22.7 Å². The third kappa shape index (κ3) is 5.35. The van der Waals surface area contributed by atoms with Gasteiger partial charge in [0, 0.05) is 12.1 Å². The minimum Gasteiger partial charge on any atom is -0.481 e. The second kappa shape index (κ2) is 9.74. The Kier molecular flexibility index (Phi) is 6.85. The largest absolute Gasteiger partial charge is 0.481 e. The fourth-order valence-electron chi connectivity index (χ4n) is 2.66. The summed E-state index contributed by atoms with van der Waals surface area (Å²) < 4.78 is 7.26. The number of para-hydroxylation sites is 3. The van der Waals surface area contributed by atoms with Gasteiger partial charge in [0.25, 0.3) is 5.91 Å². The van der Waals surface area contributed by atoms with Crippen LogP contribution in [0.15, 0.2) is 58.8 Å². The number of hydrazone groups is 1. The Hall–Kier alpha value is -3.33. The first-order chi connectivity index (χ1) is 14.1. The molecule has 0 unspecified atom stereocenters. The van der Waals surface area contributed by atoms with Crippen molar-refractivity contribution in [1.82, 2.24) is 15.0 Å². The van der Waals surface area contributed by atoms with Gasteiger partial charge in [0.05, 0.1) is 23.0 Å². The van der Waals surface area contributed by atoms with E-state index in [4.69, 9.17) is 9.84 Å². The molecule has 0 spiro atoms. The molecule has 0 radical (unpaired) electrons. The number of aliphatic carboxylic acids is 1. The Labute approximate surface area is 171 Å². The fraction of sp³-hybridized carbons (Fsp3) is 0.200. The van der Waals surface area contributed by atoms with E-state index in [1.807, 2.05) is 31.2 Å². The Bertz CT molecular complexity index is 1050. The molecule has 150 valence electrons. The molecule has 1 amide bonds. The number of carboxylic acid groups (broad SMARTS) is 1. The normalized spacial score (nSPS) is 11.1. The maximum absolute atomic E-state index is 12.1. The fourth-order valence-corrected chi connectivity index (χ4v) is 3.53. The topological polar surface area (TPSA) is 106 Å². The van der Waals surface area contributed by atoms with Crippen molar-refractivity contribution in [2.24, 2.45) is 5.10 Å². The van der Waals surface area contributed by atoms with E-state index in [1.54, 1.807) is 24.3 Å². The summed E-state index contributed by atoms with van der Waals surface area (Å²) in [4.78, 5) is 27.4. The summed E-state index contributed by atoms with van der Waals surface area (Å²) >= 11 is 1.34. The van der Waals surface area contributed by atoms with Crippen molar-refractivity contribution in [2.45, 2.75) is 18.6 Å². The van der Waals surface area contributed by atoms with Gasteiger partial charge in [-0.2, -0.15) is 5.10 Å². The molecular formula is C20H20N4O4S. The van der Waals surface area contributed by atoms with E-state index in [2.05, 4.69) is 20.1 Å². The molecule has 0 fully saturated rings. The number of carbonyl (C=O) groups excluding carboxylic acids is 1. The predicted molar refractivity (Wildman–Crippen MR) is 111 cm³/mol. The van der Waals surface area contributed by atoms with Crippen LogP contribution in [0.4, 0.5) is 0 Å². The quantitative estimate of drug-likeness (QED) is 0.318. The highest BCUT2D eigenvalue weighted by Gasteiger charge is 2.11. The van der Waals surface area contributed by atoms with Crippen LogP contribution in [0, 0.1) is 0 Å². The molecule has 0 saturated carbocycles. The molecule has 0 saturated heterocycles. The third-order valence-electron chi connectivity index (χ3n) is 3.93. The molecule has 0 aliphatic carbocycles. The van der Waals surface area contributed by atoms with Crippen molar-refractivity contribution in [3.05, 3.63) is 54.1 Å². The first kappa shape index (κ1) is 20.4. The molecular weight excluding hydrogens is 392 g/mol. The molecule has 1 aromatic heterocycles. The van der Waals surface area contributed by atoms with Gasteiger partial charge in [-0.05, 0) is 31.2 Å². The lowest BCUT2D eigenvalue weighted by atomic mass is 10.2. The van der Waals surface area contributed by atoms with Gasteiger partial charge in [0.2, 0.25) is 0 Å². The number of nitrogens with zero attached hydrogens (tertiary/aromatic N) is 3. The summed E-state index contributed by atoms with van der Waals surface area (Å²) in [6.45, 7) is 2.34. The summed E-state index contributed by atoms with van der Waals surface area (Å²) in [5.74, 6) is -0.804. The number of hydrogen-bond acceptors (Lipinski definition) is 6. The van der Waals surface area contributed by atoms with Crippen LogP contribution >= 0.6 is 11.8 Å². The summed E-state index contributed by atoms with van der Waals surface area (Å²) in [7, 11) is 0. The molecule has 0 aliphatic heterocycles. The molecule has 8 nitrogen and oxygen atoms in total. The van der Waals surface area contributed by atoms with Gasteiger partial charge < -0.3 is 14.4 Å². The van der Waals surface area contributed by atoms with E-state index < -0.39 is 12.6 Å². The maximum atomic E-state index is 12.1. The van der Waals surface area contributed by atoms with Crippen molar-refractivity contribution < 1.29 is 19.4 Å². The lowest BCUT2D eigenvalue weighted by Crippen LogP contribution is -2.20. The Morgan fingerprint density at radius 2 is 2.00 bits per heavy atom. The first-order valence-electron chi connectivity index (χ1n) is 8.92. The monoisotopic (exact) mass is 412 g/mol. The number of ether oxygens (including phenoxy) is 1. The van der Waals surface area contributed by atoms with Crippen molar-refractivity contribution in [3.63, 3.8) is 0 Å². The van der Waals surface area contributed by atoms with Crippen LogP contribution in [0.25, 0.3) is 11.0 Å². The number of fused-ring (bicyclic) bond motifs is 1. The molecule has 1 heterocycles. The molecule has 29 heavy (non-hydrogen) atoms. The highest BCUT2D eigenvalue weighted by Crippen LogP contribution is 2.23. The first-order valence-corrected chi connectivity index (χ1v) is 9.90. The Morgan fingerprint density at radius 3 is 2.79 bits per heavy atom. The second-order valence-electron chi connectivity index (χ2n) is 5.93. The van der Waals surface area contributed by atoms with Crippen LogP contribution in [0.5, 0.6) is 5.75 Å². The van der Waals surface area contributed by atoms with Crippen LogP contribution in [0.2, 0.25) is 0 Å². The molecule has 2 aromatic carbocycles. The van der Waals surface area contributed by atoms with Crippen LogP contribution in [-0.2, 0) is 16.1 Å². The van der Waals surface area contributed by atoms with Crippen molar-refractivity contribution in [2.75, 3.05) is 12.4 Å². The average molecular weight is 412 g/mol. The van der Waals surface area contributed by atoms with Gasteiger partial charge in [0.15, 0.2) is 11.8 Å². The Morgan fingerprint density at radius 1 is 1.24 bits per heavy atom. The number of carboxylic acids is 1. The molecule has 3 aromatic rings. The number of aromatic nitrogens is 2. The SMILES string of the molecule is CCn1c(SCC(=O)N/N=C/c2ccccc2OCC(=O)O)nc2ccccc21. The van der Waals surface area contributed by atoms with Gasteiger partial charge in [-0.15, -0.1) is 0 Å². The number of imidazole rings is 1. The van der Waals surface area contributed by atoms with Crippen LogP contribution in [0.1, 0.15) is 12.5 Å². The number of nitrogens with one attached hydrogen (secondary N) is 1. The minimum absolute atomic E-state index is 0.165. The van der Waals surface area contributed by atoms with Crippen LogP contribution < -0.4 is 10.2 Å². The van der Waals surface area contributed by atoms with Crippen molar-refractivity contribution >= 4 is 40.9 Å². The summed E-state index contributed by atoms with van der Waals surface area (Å²) in [6, 6.07) is 14.7. The zero-order chi connectivity index (χ0) is 20.6. The standard InChI is InChI=1S/C20H20N4O4S/c1-2-24-16-9-5-4-8-15(16)22-20(24)29-13-18(25)23-21-11-14-7-3-6-10-17(14)28-12-19(26)27/h3-11H,2,12-13H2,1H3,(H,23,25)(H,26,27)/b21-11+. The third-order valence-corrected chi connectivity index (χ3v) is 4.91. The van der Waals surface area contributed by atoms with Gasteiger partial charge in [-0.3, -0.25) is 4.79 Å². The smallest absolute Gasteiger partial charge is 0.341 e. The highest BCUT2D eigenvalue weighted by atomic mass is 32.2. The number of hydrogen-bond donors (Lipinski definition) is 2. The van der Waals surface area contributed by atoms with Crippen molar-refractivity contribution in [1.29, 1.82) is 0 Å². The highest BCUT2D eigenvalue weighted by molar-refractivity contribution is 7.99. The number of amides is 1. The minimum atomic E-state index is -1.07. The average Bonchev–Trinajstić information content (AvgIpc) is 3.09. The molecule has 0 atom stereocenters.